The summed E-state index contributed by atoms with van der Waals surface area (Å²) in [6.45, 7) is 0.658. The normalized spacial score (nSPS) is 11.9. The highest BCUT2D eigenvalue weighted by Crippen LogP contribution is 2.05. The van der Waals surface area contributed by atoms with Crippen molar-refractivity contribution in [1.29, 1.82) is 0 Å². The molecular weight excluding hydrogens is 262 g/mol. The van der Waals surface area contributed by atoms with Gasteiger partial charge in [-0.2, -0.15) is 0 Å². The van der Waals surface area contributed by atoms with Crippen LogP contribution in [0.25, 0.3) is 0 Å². The summed E-state index contributed by atoms with van der Waals surface area (Å²) < 4.78 is 0. The van der Waals surface area contributed by atoms with Crippen molar-refractivity contribution in [3.63, 3.8) is 0 Å². The summed E-state index contributed by atoms with van der Waals surface area (Å²) in [6, 6.07) is 13.3. The Morgan fingerprint density at radius 3 is 2.48 bits per heavy atom. The zero-order valence-electron chi connectivity index (χ0n) is 12.3. The Labute approximate surface area is 125 Å². The number of nitrogens with zero attached hydrogens (tertiary/aromatic N) is 2. The Morgan fingerprint density at radius 1 is 1.14 bits per heavy atom. The minimum absolute atomic E-state index is 0.0205. The lowest BCUT2D eigenvalue weighted by Crippen LogP contribution is -2.43. The molecule has 0 bridgehead atoms. The first kappa shape index (κ1) is 15.2. The number of amides is 1. The van der Waals surface area contributed by atoms with Crippen molar-refractivity contribution in [2.24, 2.45) is 5.73 Å². The largest absolute Gasteiger partial charge is 0.344 e. The van der Waals surface area contributed by atoms with E-state index in [1.54, 1.807) is 24.3 Å². The fourth-order valence-corrected chi connectivity index (χ4v) is 2.19. The molecular formula is C17H21N3O. The molecule has 0 spiro atoms. The van der Waals surface area contributed by atoms with Crippen molar-refractivity contribution in [1.82, 2.24) is 9.88 Å². The molecule has 1 atom stereocenters. The Kier molecular flexibility index (Phi) is 5.46. The third-order valence-corrected chi connectivity index (χ3v) is 3.48. The fraction of sp³-hybridized carbons (Fsp3) is 0.294. The van der Waals surface area contributed by atoms with Gasteiger partial charge in [0.1, 0.15) is 0 Å². The molecule has 2 rings (SSSR count). The second kappa shape index (κ2) is 7.55. The van der Waals surface area contributed by atoms with E-state index in [4.69, 9.17) is 5.73 Å². The van der Waals surface area contributed by atoms with E-state index in [0.717, 1.165) is 12.0 Å². The molecule has 110 valence electrons. The van der Waals surface area contributed by atoms with Crippen LogP contribution in [0.2, 0.25) is 0 Å². The Morgan fingerprint density at radius 2 is 1.81 bits per heavy atom. The van der Waals surface area contributed by atoms with Crippen molar-refractivity contribution >= 4 is 5.91 Å². The van der Waals surface area contributed by atoms with Crippen LogP contribution in [-0.4, -0.2) is 35.4 Å². The molecule has 2 N–H and O–H groups in total. The van der Waals surface area contributed by atoms with Gasteiger partial charge in [0.25, 0.3) is 0 Å². The van der Waals surface area contributed by atoms with Crippen LogP contribution >= 0.6 is 0 Å². The first-order valence-electron chi connectivity index (χ1n) is 7.10. The van der Waals surface area contributed by atoms with Crippen LogP contribution in [0, 0.1) is 0 Å². The monoisotopic (exact) mass is 283 g/mol. The summed E-state index contributed by atoms with van der Waals surface area (Å²) in [5.41, 5.74) is 8.27. The number of aromatic nitrogens is 1. The molecule has 1 aromatic heterocycles. The van der Waals surface area contributed by atoms with Crippen LogP contribution < -0.4 is 5.73 Å². The summed E-state index contributed by atoms with van der Waals surface area (Å²) in [4.78, 5) is 17.9. The number of hydrogen-bond donors (Lipinski definition) is 1. The van der Waals surface area contributed by atoms with Crippen LogP contribution in [0.5, 0.6) is 0 Å². The number of benzene rings is 1. The second-order valence-corrected chi connectivity index (χ2v) is 5.16. The molecule has 0 aliphatic rings. The van der Waals surface area contributed by atoms with E-state index >= 15 is 0 Å². The number of pyridine rings is 1. The maximum absolute atomic E-state index is 12.3. The van der Waals surface area contributed by atoms with E-state index in [-0.39, 0.29) is 5.91 Å². The van der Waals surface area contributed by atoms with Gasteiger partial charge in [0, 0.05) is 26.0 Å². The highest BCUT2D eigenvalue weighted by Gasteiger charge is 2.18. The summed E-state index contributed by atoms with van der Waals surface area (Å²) >= 11 is 0. The van der Waals surface area contributed by atoms with Crippen molar-refractivity contribution in [3.8, 4) is 0 Å². The Bertz CT molecular complexity index is 557. The van der Waals surface area contributed by atoms with E-state index in [0.29, 0.717) is 13.0 Å². The third-order valence-electron chi connectivity index (χ3n) is 3.48. The topological polar surface area (TPSA) is 59.2 Å². The molecule has 4 nitrogen and oxygen atoms in total. The number of likely N-dealkylation sites (N-methyl/N-ethyl adjacent to an activating group) is 1. The number of carbonyl (C=O) groups excluding carboxylic acids is 1. The van der Waals surface area contributed by atoms with Gasteiger partial charge in [0.2, 0.25) is 5.91 Å². The van der Waals surface area contributed by atoms with Crippen LogP contribution in [0.1, 0.15) is 11.1 Å². The molecule has 4 heteroatoms. The van der Waals surface area contributed by atoms with E-state index in [1.807, 2.05) is 42.5 Å². The van der Waals surface area contributed by atoms with Gasteiger partial charge >= 0.3 is 0 Å². The molecule has 0 saturated heterocycles. The average Bonchev–Trinajstić information content (AvgIpc) is 2.53. The van der Waals surface area contributed by atoms with Gasteiger partial charge in [0.05, 0.1) is 6.04 Å². The Hall–Kier alpha value is -2.20. The second-order valence-electron chi connectivity index (χ2n) is 5.16. The summed E-state index contributed by atoms with van der Waals surface area (Å²) in [5.74, 6) is -0.0205. The molecule has 1 amide bonds. The van der Waals surface area contributed by atoms with Gasteiger partial charge < -0.3 is 10.6 Å². The first-order valence-corrected chi connectivity index (χ1v) is 7.10. The standard InChI is InChI=1S/C17H21N3O/c1-20(12-9-14-7-10-19-11-8-14)17(21)16(18)13-15-5-3-2-4-6-15/h2-8,10-11,16H,9,12-13,18H2,1H3/t16-/m1/s1. The van der Waals surface area contributed by atoms with Gasteiger partial charge in [0.15, 0.2) is 0 Å². The number of carbonyl (C=O) groups is 1. The van der Waals surface area contributed by atoms with E-state index in [2.05, 4.69) is 4.98 Å². The minimum Gasteiger partial charge on any atom is -0.344 e. The lowest BCUT2D eigenvalue weighted by atomic mass is 10.1. The molecule has 2 aromatic rings. The van der Waals surface area contributed by atoms with E-state index < -0.39 is 6.04 Å². The molecule has 1 aromatic carbocycles. The summed E-state index contributed by atoms with van der Waals surface area (Å²) in [7, 11) is 1.80. The highest BCUT2D eigenvalue weighted by atomic mass is 16.2. The predicted octanol–water partition coefficient (Wildman–Crippen LogP) is 1.65. The lowest BCUT2D eigenvalue weighted by Gasteiger charge is -2.21. The lowest BCUT2D eigenvalue weighted by molar-refractivity contribution is -0.131. The zero-order valence-corrected chi connectivity index (χ0v) is 12.3. The number of nitrogens with two attached hydrogens (primary N) is 1. The van der Waals surface area contributed by atoms with E-state index in [1.165, 1.54) is 5.56 Å². The molecule has 0 radical (unpaired) electrons. The van der Waals surface area contributed by atoms with Gasteiger partial charge in [-0.15, -0.1) is 0 Å². The molecule has 1 heterocycles. The quantitative estimate of drug-likeness (QED) is 0.877. The first-order chi connectivity index (χ1) is 10.2. The van der Waals surface area contributed by atoms with Gasteiger partial charge in [-0.3, -0.25) is 9.78 Å². The van der Waals surface area contributed by atoms with Gasteiger partial charge in [-0.25, -0.2) is 0 Å². The molecule has 0 unspecified atom stereocenters. The highest BCUT2D eigenvalue weighted by molar-refractivity contribution is 5.81. The number of rotatable bonds is 6. The van der Waals surface area contributed by atoms with Gasteiger partial charge in [-0.05, 0) is 36.1 Å². The molecule has 0 aliphatic carbocycles. The third kappa shape index (κ3) is 4.68. The zero-order chi connectivity index (χ0) is 15.1. The van der Waals surface area contributed by atoms with Crippen molar-refractivity contribution < 1.29 is 4.79 Å². The minimum atomic E-state index is -0.491. The SMILES string of the molecule is CN(CCc1ccncc1)C(=O)[C@H](N)Cc1ccccc1. The molecule has 0 fully saturated rings. The predicted molar refractivity (Wildman–Crippen MR) is 83.7 cm³/mol. The molecule has 0 saturated carbocycles. The summed E-state index contributed by atoms with van der Waals surface area (Å²) in [5, 5.41) is 0. The van der Waals surface area contributed by atoms with Crippen LogP contribution in [-0.2, 0) is 17.6 Å². The maximum atomic E-state index is 12.3. The van der Waals surface area contributed by atoms with Gasteiger partial charge in [-0.1, -0.05) is 30.3 Å². The fourth-order valence-electron chi connectivity index (χ4n) is 2.19. The van der Waals surface area contributed by atoms with Crippen LogP contribution in [0.15, 0.2) is 54.9 Å². The van der Waals surface area contributed by atoms with Crippen LogP contribution in [0.3, 0.4) is 0 Å². The average molecular weight is 283 g/mol. The number of hydrogen-bond acceptors (Lipinski definition) is 3. The van der Waals surface area contributed by atoms with Crippen LogP contribution in [0.4, 0.5) is 0 Å². The van der Waals surface area contributed by atoms with Crippen molar-refractivity contribution in [3.05, 3.63) is 66.0 Å². The maximum Gasteiger partial charge on any atom is 0.239 e. The smallest absolute Gasteiger partial charge is 0.239 e. The Balaban J connectivity index is 1.84. The van der Waals surface area contributed by atoms with Crippen molar-refractivity contribution in [2.75, 3.05) is 13.6 Å². The summed E-state index contributed by atoms with van der Waals surface area (Å²) in [6.07, 6.45) is 4.90. The molecule has 0 aliphatic heterocycles. The van der Waals surface area contributed by atoms with E-state index in [9.17, 15) is 4.79 Å². The van der Waals surface area contributed by atoms with Crippen molar-refractivity contribution in [2.45, 2.75) is 18.9 Å². The molecule has 21 heavy (non-hydrogen) atoms.